The van der Waals surface area contributed by atoms with Crippen LogP contribution in [0.25, 0.3) is 0 Å². The summed E-state index contributed by atoms with van der Waals surface area (Å²) in [6.07, 6.45) is 3.94. The number of carbonyl (C=O) groups is 1. The lowest BCUT2D eigenvalue weighted by molar-refractivity contribution is -0.138. The van der Waals surface area contributed by atoms with E-state index < -0.39 is 10.7 Å². The fourth-order valence-corrected chi connectivity index (χ4v) is 2.09. The van der Waals surface area contributed by atoms with Crippen LogP contribution >= 0.6 is 11.8 Å². The molecule has 0 aliphatic carbocycles. The molecular weight excluding hydrogens is 172 g/mol. The Bertz CT molecular complexity index is 185. The van der Waals surface area contributed by atoms with Crippen LogP contribution in [0.2, 0.25) is 0 Å². The maximum atomic E-state index is 10.7. The van der Waals surface area contributed by atoms with Crippen molar-refractivity contribution in [1.29, 1.82) is 0 Å². The Labute approximate surface area is 78.0 Å². The Morgan fingerprint density at radius 3 is 2.42 bits per heavy atom. The second kappa shape index (κ2) is 4.55. The third kappa shape index (κ3) is 3.81. The largest absolute Gasteiger partial charge is 0.480 e. The summed E-state index contributed by atoms with van der Waals surface area (Å²) in [7, 11) is 0. The van der Waals surface area contributed by atoms with Crippen molar-refractivity contribution >= 4 is 17.7 Å². The number of carboxylic acid groups (broad SMARTS) is 1. The Morgan fingerprint density at radius 1 is 1.58 bits per heavy atom. The minimum absolute atomic E-state index is 0.251. The molecule has 1 unspecified atom stereocenters. The molecule has 0 saturated heterocycles. The maximum Gasteiger partial charge on any atom is 0.319 e. The van der Waals surface area contributed by atoms with E-state index in [1.807, 2.05) is 26.0 Å². The topological polar surface area (TPSA) is 37.3 Å². The van der Waals surface area contributed by atoms with E-state index in [-0.39, 0.29) is 5.25 Å². The highest BCUT2D eigenvalue weighted by atomic mass is 32.2. The van der Waals surface area contributed by atoms with Gasteiger partial charge in [0.05, 0.1) is 0 Å². The molecule has 0 saturated carbocycles. The fourth-order valence-electron chi connectivity index (χ4n) is 0.825. The van der Waals surface area contributed by atoms with Crippen LogP contribution in [0.1, 0.15) is 27.7 Å². The quantitative estimate of drug-likeness (QED) is 0.689. The van der Waals surface area contributed by atoms with E-state index >= 15 is 0 Å². The molecule has 0 spiro atoms. The SMILES string of the molecule is C/C=C\C(C)SC(C)(C)C(=O)O. The van der Waals surface area contributed by atoms with Gasteiger partial charge in [0, 0.05) is 5.25 Å². The molecule has 1 atom stereocenters. The standard InChI is InChI=1S/C9H16O2S/c1-5-6-7(2)12-9(3,4)8(10)11/h5-7H,1-4H3,(H,10,11)/b6-5-. The lowest BCUT2D eigenvalue weighted by Gasteiger charge is -2.21. The summed E-state index contributed by atoms with van der Waals surface area (Å²) in [6.45, 7) is 7.38. The van der Waals surface area contributed by atoms with E-state index in [4.69, 9.17) is 5.11 Å². The van der Waals surface area contributed by atoms with Gasteiger partial charge in [0.1, 0.15) is 4.75 Å². The molecule has 1 N–H and O–H groups in total. The summed E-state index contributed by atoms with van der Waals surface area (Å²) in [5, 5.41) is 9.06. The lowest BCUT2D eigenvalue weighted by atomic mass is 10.2. The fraction of sp³-hybridized carbons (Fsp3) is 0.667. The molecule has 70 valence electrons. The van der Waals surface area contributed by atoms with Crippen LogP contribution in [0.3, 0.4) is 0 Å². The van der Waals surface area contributed by atoms with Crippen LogP contribution in [0.4, 0.5) is 0 Å². The van der Waals surface area contributed by atoms with E-state index in [1.54, 1.807) is 13.8 Å². The molecule has 0 bridgehead atoms. The Hall–Kier alpha value is -0.440. The van der Waals surface area contributed by atoms with Crippen molar-refractivity contribution < 1.29 is 9.90 Å². The number of rotatable bonds is 4. The summed E-state index contributed by atoms with van der Waals surface area (Å²) in [6, 6.07) is 0. The van der Waals surface area contributed by atoms with Crippen LogP contribution in [0.5, 0.6) is 0 Å². The van der Waals surface area contributed by atoms with Gasteiger partial charge >= 0.3 is 5.97 Å². The van der Waals surface area contributed by atoms with Crippen LogP contribution in [0.15, 0.2) is 12.2 Å². The molecule has 2 nitrogen and oxygen atoms in total. The van der Waals surface area contributed by atoms with Gasteiger partial charge in [-0.3, -0.25) is 4.79 Å². The maximum absolute atomic E-state index is 10.7. The first-order valence-electron chi connectivity index (χ1n) is 3.94. The van der Waals surface area contributed by atoms with E-state index in [0.29, 0.717) is 0 Å². The first-order valence-corrected chi connectivity index (χ1v) is 4.82. The molecule has 0 aromatic carbocycles. The van der Waals surface area contributed by atoms with Gasteiger partial charge in [-0.25, -0.2) is 0 Å². The van der Waals surface area contributed by atoms with Crippen LogP contribution in [-0.2, 0) is 4.79 Å². The lowest BCUT2D eigenvalue weighted by Crippen LogP contribution is -2.29. The minimum Gasteiger partial charge on any atom is -0.480 e. The zero-order chi connectivity index (χ0) is 9.78. The Morgan fingerprint density at radius 2 is 2.08 bits per heavy atom. The average Bonchev–Trinajstić information content (AvgIpc) is 1.85. The first-order chi connectivity index (χ1) is 5.40. The smallest absolute Gasteiger partial charge is 0.319 e. The van der Waals surface area contributed by atoms with Gasteiger partial charge in [-0.1, -0.05) is 12.2 Å². The summed E-state index contributed by atoms with van der Waals surface area (Å²) in [4.78, 5) is 10.7. The number of thioether (sulfide) groups is 1. The van der Waals surface area contributed by atoms with Crippen LogP contribution in [0, 0.1) is 0 Å². The minimum atomic E-state index is -0.760. The first kappa shape index (κ1) is 11.6. The number of hydrogen-bond donors (Lipinski definition) is 1. The molecule has 0 aromatic rings. The van der Waals surface area contributed by atoms with Gasteiger partial charge in [-0.2, -0.15) is 0 Å². The van der Waals surface area contributed by atoms with E-state index in [2.05, 4.69) is 0 Å². The van der Waals surface area contributed by atoms with Crippen molar-refractivity contribution in [1.82, 2.24) is 0 Å². The number of aliphatic carboxylic acids is 1. The Balaban J connectivity index is 4.14. The molecule has 0 rings (SSSR count). The van der Waals surface area contributed by atoms with Gasteiger partial charge in [0.15, 0.2) is 0 Å². The van der Waals surface area contributed by atoms with Gasteiger partial charge in [0.2, 0.25) is 0 Å². The number of hydrogen-bond acceptors (Lipinski definition) is 2. The summed E-state index contributed by atoms with van der Waals surface area (Å²) in [5.41, 5.74) is 0. The molecule has 0 fully saturated rings. The second-order valence-electron chi connectivity index (χ2n) is 3.16. The van der Waals surface area contributed by atoms with Gasteiger partial charge in [-0.05, 0) is 27.7 Å². The van der Waals surface area contributed by atoms with Crippen molar-refractivity contribution in [3.8, 4) is 0 Å². The van der Waals surface area contributed by atoms with Crippen molar-refractivity contribution in [3.05, 3.63) is 12.2 Å². The molecule has 0 heterocycles. The highest BCUT2D eigenvalue weighted by molar-refractivity contribution is 8.02. The average molecular weight is 188 g/mol. The zero-order valence-corrected chi connectivity index (χ0v) is 8.81. The van der Waals surface area contributed by atoms with Gasteiger partial charge in [0.25, 0.3) is 0 Å². The Kier molecular flexibility index (Phi) is 4.39. The highest BCUT2D eigenvalue weighted by Crippen LogP contribution is 2.29. The van der Waals surface area contributed by atoms with E-state index in [0.717, 1.165) is 0 Å². The number of carboxylic acids is 1. The molecule has 0 amide bonds. The molecule has 3 heteroatoms. The summed E-state index contributed by atoms with van der Waals surface area (Å²) < 4.78 is -0.696. The molecule has 0 aliphatic rings. The third-order valence-corrected chi connectivity index (χ3v) is 2.75. The van der Waals surface area contributed by atoms with E-state index in [1.165, 1.54) is 11.8 Å². The zero-order valence-electron chi connectivity index (χ0n) is 8.00. The van der Waals surface area contributed by atoms with Gasteiger partial charge in [-0.15, -0.1) is 11.8 Å². The summed E-state index contributed by atoms with van der Waals surface area (Å²) >= 11 is 1.45. The normalized spacial score (nSPS) is 15.0. The molecular formula is C9H16O2S. The molecule has 0 radical (unpaired) electrons. The molecule has 0 aliphatic heterocycles. The number of allylic oxidation sites excluding steroid dienone is 1. The monoisotopic (exact) mass is 188 g/mol. The predicted octanol–water partition coefficient (Wildman–Crippen LogP) is 2.55. The second-order valence-corrected chi connectivity index (χ2v) is 5.16. The van der Waals surface area contributed by atoms with Crippen molar-refractivity contribution in [2.45, 2.75) is 37.7 Å². The van der Waals surface area contributed by atoms with Crippen LogP contribution < -0.4 is 0 Å². The van der Waals surface area contributed by atoms with E-state index in [9.17, 15) is 4.79 Å². The van der Waals surface area contributed by atoms with Crippen molar-refractivity contribution in [2.24, 2.45) is 0 Å². The van der Waals surface area contributed by atoms with Crippen LogP contribution in [-0.4, -0.2) is 21.1 Å². The highest BCUT2D eigenvalue weighted by Gasteiger charge is 2.28. The van der Waals surface area contributed by atoms with Gasteiger partial charge < -0.3 is 5.11 Å². The van der Waals surface area contributed by atoms with Crippen molar-refractivity contribution in [3.63, 3.8) is 0 Å². The molecule has 12 heavy (non-hydrogen) atoms. The molecule has 0 aromatic heterocycles. The third-order valence-electron chi connectivity index (χ3n) is 1.46. The predicted molar refractivity (Wildman–Crippen MR) is 53.6 cm³/mol. The van der Waals surface area contributed by atoms with Crippen molar-refractivity contribution in [2.75, 3.05) is 0 Å². The summed E-state index contributed by atoms with van der Waals surface area (Å²) in [5.74, 6) is -0.760.